The van der Waals surface area contributed by atoms with E-state index in [2.05, 4.69) is 38.1 Å². The van der Waals surface area contributed by atoms with E-state index in [9.17, 15) is 4.79 Å². The summed E-state index contributed by atoms with van der Waals surface area (Å²) in [5.41, 5.74) is 2.05. The van der Waals surface area contributed by atoms with Crippen LogP contribution in [-0.2, 0) is 0 Å². The first-order chi connectivity index (χ1) is 11.2. The van der Waals surface area contributed by atoms with E-state index < -0.39 is 0 Å². The van der Waals surface area contributed by atoms with Crippen molar-refractivity contribution >= 4 is 38.9 Å². The van der Waals surface area contributed by atoms with Crippen LogP contribution in [0, 0.1) is 11.8 Å². The molecule has 0 saturated carbocycles. The molecule has 5 heteroatoms. The van der Waals surface area contributed by atoms with E-state index in [1.54, 1.807) is 23.6 Å². The lowest BCUT2D eigenvalue weighted by atomic mass is 10.2. The van der Waals surface area contributed by atoms with E-state index in [1.807, 2.05) is 41.8 Å². The molecule has 0 aliphatic carbocycles. The molecule has 112 valence electrons. The van der Waals surface area contributed by atoms with Gasteiger partial charge in [0.25, 0.3) is 5.91 Å². The molecule has 0 saturated heterocycles. The first kappa shape index (κ1) is 15.5. The second kappa shape index (κ2) is 7.23. The maximum absolute atomic E-state index is 12.2. The number of pyridine rings is 1. The van der Waals surface area contributed by atoms with Crippen molar-refractivity contribution in [3.8, 4) is 11.8 Å². The maximum Gasteiger partial charge on any atom is 0.257 e. The van der Waals surface area contributed by atoms with Crippen molar-refractivity contribution in [3.05, 3.63) is 80.7 Å². The Balaban J connectivity index is 1.76. The average Bonchev–Trinajstić information content (AvgIpc) is 3.07. The number of benzene rings is 1. The number of carbonyl (C=O) groups excluding carboxylic acids is 1. The van der Waals surface area contributed by atoms with E-state index in [4.69, 9.17) is 0 Å². The molecule has 0 bridgehead atoms. The summed E-state index contributed by atoms with van der Waals surface area (Å²) in [6.07, 6.45) is 3.16. The summed E-state index contributed by atoms with van der Waals surface area (Å²) in [6.45, 7) is 0. The van der Waals surface area contributed by atoms with Crippen LogP contribution in [0.15, 0.2) is 64.7 Å². The highest BCUT2D eigenvalue weighted by Crippen LogP contribution is 2.14. The summed E-state index contributed by atoms with van der Waals surface area (Å²) >= 11 is 4.91. The number of aromatic nitrogens is 1. The van der Waals surface area contributed by atoms with Gasteiger partial charge in [-0.2, -0.15) is 0 Å². The van der Waals surface area contributed by atoms with Crippen LogP contribution >= 0.6 is 27.3 Å². The standard InChI is InChI=1S/C18H11BrN2OS/c19-15-10-14(11-20-12-15)18(22)21-16-4-1-3-13(9-16)6-7-17-5-2-8-23-17/h1-5,8-12H,(H,21,22). The molecule has 0 aliphatic rings. The van der Waals surface area contributed by atoms with Crippen LogP contribution in [0.3, 0.4) is 0 Å². The summed E-state index contributed by atoms with van der Waals surface area (Å²) in [4.78, 5) is 17.2. The van der Waals surface area contributed by atoms with Gasteiger partial charge in [-0.1, -0.05) is 24.0 Å². The third kappa shape index (κ3) is 4.28. The molecule has 0 aliphatic heterocycles. The number of halogens is 1. The highest BCUT2D eigenvalue weighted by Gasteiger charge is 2.07. The molecule has 1 N–H and O–H groups in total. The lowest BCUT2D eigenvalue weighted by molar-refractivity contribution is 0.102. The zero-order valence-electron chi connectivity index (χ0n) is 11.9. The van der Waals surface area contributed by atoms with Crippen LogP contribution in [0.25, 0.3) is 0 Å². The third-order valence-electron chi connectivity index (χ3n) is 2.94. The van der Waals surface area contributed by atoms with Crippen LogP contribution in [0.1, 0.15) is 20.8 Å². The average molecular weight is 383 g/mol. The van der Waals surface area contributed by atoms with E-state index in [-0.39, 0.29) is 5.91 Å². The monoisotopic (exact) mass is 382 g/mol. The van der Waals surface area contributed by atoms with Crippen molar-refractivity contribution in [2.75, 3.05) is 5.32 Å². The minimum atomic E-state index is -0.206. The van der Waals surface area contributed by atoms with Crippen LogP contribution < -0.4 is 5.32 Å². The molecule has 2 aromatic heterocycles. The van der Waals surface area contributed by atoms with Crippen LogP contribution in [-0.4, -0.2) is 10.9 Å². The fraction of sp³-hybridized carbons (Fsp3) is 0. The van der Waals surface area contributed by atoms with E-state index in [0.29, 0.717) is 11.3 Å². The van der Waals surface area contributed by atoms with Crippen molar-refractivity contribution in [2.45, 2.75) is 0 Å². The molecule has 1 amide bonds. The molecule has 3 nitrogen and oxygen atoms in total. The van der Waals surface area contributed by atoms with Crippen molar-refractivity contribution in [3.63, 3.8) is 0 Å². The number of anilines is 1. The molecular formula is C18H11BrN2OS. The van der Waals surface area contributed by atoms with Gasteiger partial charge in [-0.3, -0.25) is 9.78 Å². The topological polar surface area (TPSA) is 42.0 Å². The van der Waals surface area contributed by atoms with Crippen molar-refractivity contribution < 1.29 is 4.79 Å². The molecule has 3 rings (SSSR count). The molecule has 1 aromatic carbocycles. The van der Waals surface area contributed by atoms with Gasteiger partial charge in [0.15, 0.2) is 0 Å². The van der Waals surface area contributed by atoms with Gasteiger partial charge in [-0.25, -0.2) is 0 Å². The summed E-state index contributed by atoms with van der Waals surface area (Å²) < 4.78 is 0.765. The van der Waals surface area contributed by atoms with Gasteiger partial charge in [0.2, 0.25) is 0 Å². The Morgan fingerprint density at radius 2 is 2.04 bits per heavy atom. The van der Waals surface area contributed by atoms with Crippen LogP contribution in [0.5, 0.6) is 0 Å². The van der Waals surface area contributed by atoms with Gasteiger partial charge in [0, 0.05) is 28.1 Å². The van der Waals surface area contributed by atoms with E-state index in [0.717, 1.165) is 14.9 Å². The molecule has 3 aromatic rings. The van der Waals surface area contributed by atoms with Crippen molar-refractivity contribution in [1.29, 1.82) is 0 Å². The number of carbonyl (C=O) groups is 1. The highest BCUT2D eigenvalue weighted by molar-refractivity contribution is 9.10. The van der Waals surface area contributed by atoms with Crippen LogP contribution in [0.2, 0.25) is 0 Å². The highest BCUT2D eigenvalue weighted by atomic mass is 79.9. The van der Waals surface area contributed by atoms with E-state index >= 15 is 0 Å². The molecule has 0 fully saturated rings. The fourth-order valence-corrected chi connectivity index (χ4v) is 2.83. The van der Waals surface area contributed by atoms with Gasteiger partial charge in [-0.05, 0) is 51.6 Å². The lowest BCUT2D eigenvalue weighted by Crippen LogP contribution is -2.12. The lowest BCUT2D eigenvalue weighted by Gasteiger charge is -2.05. The number of nitrogens with zero attached hydrogens (tertiary/aromatic N) is 1. The Morgan fingerprint density at radius 3 is 2.83 bits per heavy atom. The second-order valence-electron chi connectivity index (χ2n) is 4.65. The molecule has 0 unspecified atom stereocenters. The second-order valence-corrected chi connectivity index (χ2v) is 6.52. The number of hydrogen-bond acceptors (Lipinski definition) is 3. The maximum atomic E-state index is 12.2. The number of rotatable bonds is 2. The number of amides is 1. The first-order valence-corrected chi connectivity index (χ1v) is 8.45. The molecule has 0 radical (unpaired) electrons. The SMILES string of the molecule is O=C(Nc1cccc(C#Cc2cccs2)c1)c1cncc(Br)c1. The number of nitrogens with one attached hydrogen (secondary N) is 1. The zero-order chi connectivity index (χ0) is 16.1. The molecule has 0 spiro atoms. The minimum Gasteiger partial charge on any atom is -0.322 e. The van der Waals surface area contributed by atoms with Gasteiger partial charge in [0.1, 0.15) is 0 Å². The Bertz CT molecular complexity index is 895. The number of thiophene rings is 1. The third-order valence-corrected chi connectivity index (χ3v) is 4.16. The molecule has 2 heterocycles. The predicted molar refractivity (Wildman–Crippen MR) is 96.6 cm³/mol. The molecule has 23 heavy (non-hydrogen) atoms. The summed E-state index contributed by atoms with van der Waals surface area (Å²) in [6, 6.07) is 13.1. The van der Waals surface area contributed by atoms with Crippen molar-refractivity contribution in [2.24, 2.45) is 0 Å². The van der Waals surface area contributed by atoms with Gasteiger partial charge < -0.3 is 5.32 Å². The van der Waals surface area contributed by atoms with Crippen LogP contribution in [0.4, 0.5) is 5.69 Å². The normalized spacial score (nSPS) is 9.78. The Kier molecular flexibility index (Phi) is 4.86. The Labute approximate surface area is 146 Å². The van der Waals surface area contributed by atoms with Gasteiger partial charge in [0.05, 0.1) is 10.4 Å². The first-order valence-electron chi connectivity index (χ1n) is 6.78. The molecule has 0 atom stereocenters. The Morgan fingerprint density at radius 1 is 1.13 bits per heavy atom. The van der Waals surface area contributed by atoms with Gasteiger partial charge in [-0.15, -0.1) is 11.3 Å². The minimum absolute atomic E-state index is 0.206. The summed E-state index contributed by atoms with van der Waals surface area (Å²) in [7, 11) is 0. The summed E-state index contributed by atoms with van der Waals surface area (Å²) in [5, 5.41) is 4.85. The number of hydrogen-bond donors (Lipinski definition) is 1. The zero-order valence-corrected chi connectivity index (χ0v) is 14.3. The smallest absolute Gasteiger partial charge is 0.257 e. The largest absolute Gasteiger partial charge is 0.322 e. The summed E-state index contributed by atoms with van der Waals surface area (Å²) in [5.74, 6) is 5.99. The van der Waals surface area contributed by atoms with Crippen molar-refractivity contribution in [1.82, 2.24) is 4.98 Å². The van der Waals surface area contributed by atoms with Gasteiger partial charge >= 0.3 is 0 Å². The quantitative estimate of drug-likeness (QED) is 0.660. The molecular weight excluding hydrogens is 372 g/mol. The fourth-order valence-electron chi connectivity index (χ4n) is 1.90. The van der Waals surface area contributed by atoms with E-state index in [1.165, 1.54) is 6.20 Å². The Hall–Kier alpha value is -2.42. The predicted octanol–water partition coefficient (Wildman–Crippen LogP) is 4.56.